The number of amides is 1. The lowest BCUT2D eigenvalue weighted by molar-refractivity contribution is 0.0637. The van der Waals surface area contributed by atoms with Gasteiger partial charge in [-0.25, -0.2) is 23.7 Å². The Morgan fingerprint density at radius 3 is 2.78 bits per heavy atom. The number of ether oxygens (including phenoxy) is 1. The first-order valence-corrected chi connectivity index (χ1v) is 17.8. The number of H-pyrrole nitrogens is 1. The Kier molecular flexibility index (Phi) is 6.58. The smallest absolute Gasteiger partial charge is 0.434 e. The highest BCUT2D eigenvalue weighted by atomic mass is 32.1. The minimum atomic E-state index is -0.722. The summed E-state index contributed by atoms with van der Waals surface area (Å²) in [6.07, 6.45) is 5.74. The minimum Gasteiger partial charge on any atom is -0.493 e. The van der Waals surface area contributed by atoms with Crippen molar-refractivity contribution in [2.45, 2.75) is 50.1 Å². The number of halogens is 2. The lowest BCUT2D eigenvalue weighted by Crippen LogP contribution is -2.40. The van der Waals surface area contributed by atoms with E-state index in [2.05, 4.69) is 15.5 Å². The number of methoxy groups -OCH3 is 1. The number of anilines is 1. The molecule has 11 rings (SSSR count). The highest BCUT2D eigenvalue weighted by Gasteiger charge is 2.65. The Morgan fingerprint density at radius 1 is 1.10 bits per heavy atom. The molecule has 10 nitrogen and oxygen atoms in total. The molecule has 2 aromatic carbocycles. The Labute approximate surface area is 293 Å². The molecular formula is C38H30F2N6O4S. The maximum absolute atomic E-state index is 14.5. The Bertz CT molecular complexity index is 2500. The number of nitrogens with one attached hydrogen (secondary N) is 2. The Morgan fingerprint density at radius 2 is 1.98 bits per heavy atom. The van der Waals surface area contributed by atoms with Crippen LogP contribution in [0.4, 0.5) is 14.6 Å². The Hall–Kier alpha value is -5.43. The molecule has 2 N–H and O–H groups in total. The van der Waals surface area contributed by atoms with Crippen molar-refractivity contribution >= 4 is 33.1 Å². The normalized spacial score (nSPS) is 21.2. The highest BCUT2D eigenvalue weighted by Crippen LogP contribution is 2.63. The van der Waals surface area contributed by atoms with E-state index >= 15 is 0 Å². The molecule has 2 bridgehead atoms. The average Bonchev–Trinajstić information content (AvgIpc) is 3.95. The van der Waals surface area contributed by atoms with Crippen molar-refractivity contribution in [3.05, 3.63) is 111 Å². The lowest BCUT2D eigenvalue weighted by atomic mass is 9.71. The first kappa shape index (κ1) is 30.4. The number of aromatic nitrogens is 4. The van der Waals surface area contributed by atoms with Gasteiger partial charge in [-0.05, 0) is 91.3 Å². The summed E-state index contributed by atoms with van der Waals surface area (Å²) in [7, 11) is 1.48. The number of fused-ring (bicyclic) bond motifs is 3. The summed E-state index contributed by atoms with van der Waals surface area (Å²) >= 11 is 1.48. The summed E-state index contributed by atoms with van der Waals surface area (Å²) < 4.78 is 40.6. The first-order chi connectivity index (χ1) is 24.8. The van der Waals surface area contributed by atoms with E-state index in [4.69, 9.17) is 19.1 Å². The topological polar surface area (TPSA) is 126 Å². The molecule has 1 saturated carbocycles. The quantitative estimate of drug-likeness (QED) is 0.175. The van der Waals surface area contributed by atoms with Crippen LogP contribution in [-0.2, 0) is 24.8 Å². The standard InChI is InChI=1S/C38H30F2N6O4S/c1-49-31-23-7-10-25(22(23)6-8-24(31)40)43-34-32-20(11-12-41-34)14-27(51-32)29-28(35-44-45-37(48)50-35)26(9-5-18-3-2-4-21(39)13-18)42-33-30(29)36(47)46-17-19-15-38(33,46)16-19/h2-4,6,8,11-14,19,25H,5,7,9-10,15-17H2,1H3,(H,41,43)(H,45,48)/t19?,25-,38?/m1/s1. The van der Waals surface area contributed by atoms with Gasteiger partial charge in [0.05, 0.1) is 45.9 Å². The maximum Gasteiger partial charge on any atom is 0.434 e. The van der Waals surface area contributed by atoms with Crippen LogP contribution >= 0.6 is 11.3 Å². The van der Waals surface area contributed by atoms with E-state index in [0.717, 1.165) is 56.6 Å². The summed E-state index contributed by atoms with van der Waals surface area (Å²) in [5, 5.41) is 11.2. The summed E-state index contributed by atoms with van der Waals surface area (Å²) in [6, 6.07) is 13.6. The molecule has 6 aromatic rings. The van der Waals surface area contributed by atoms with Gasteiger partial charge in [-0.3, -0.25) is 9.78 Å². The van der Waals surface area contributed by atoms with Gasteiger partial charge < -0.3 is 19.4 Å². The molecule has 0 radical (unpaired) electrons. The number of carbonyl (C=O) groups excluding carboxylic acids is 1. The zero-order chi connectivity index (χ0) is 34.6. The van der Waals surface area contributed by atoms with Crippen LogP contribution in [0.15, 0.2) is 63.9 Å². The van der Waals surface area contributed by atoms with Crippen molar-refractivity contribution in [3.8, 4) is 27.6 Å². The molecule has 2 aliphatic carbocycles. The zero-order valence-electron chi connectivity index (χ0n) is 27.4. The van der Waals surface area contributed by atoms with Crippen LogP contribution in [-0.4, -0.2) is 44.6 Å². The van der Waals surface area contributed by atoms with E-state index in [0.29, 0.717) is 59.9 Å². The van der Waals surface area contributed by atoms with Crippen LogP contribution in [0.1, 0.15) is 63.7 Å². The highest BCUT2D eigenvalue weighted by molar-refractivity contribution is 7.23. The zero-order valence-corrected chi connectivity index (χ0v) is 28.2. The number of carbonyl (C=O) groups is 1. The fraction of sp³-hybridized carbons (Fsp3) is 0.289. The second-order valence-electron chi connectivity index (χ2n) is 13.9. The summed E-state index contributed by atoms with van der Waals surface area (Å²) in [5.74, 6) is -0.0643. The summed E-state index contributed by atoms with van der Waals surface area (Å²) in [5.41, 5.74) is 5.16. The molecule has 2 saturated heterocycles. The van der Waals surface area contributed by atoms with Gasteiger partial charge in [-0.1, -0.05) is 18.2 Å². The second kappa shape index (κ2) is 11.0. The van der Waals surface area contributed by atoms with E-state index < -0.39 is 11.3 Å². The predicted octanol–water partition coefficient (Wildman–Crippen LogP) is 6.95. The third kappa shape index (κ3) is 4.46. The molecule has 1 amide bonds. The van der Waals surface area contributed by atoms with E-state index in [1.54, 1.807) is 18.3 Å². The molecule has 51 heavy (non-hydrogen) atoms. The summed E-state index contributed by atoms with van der Waals surface area (Å²) in [6.45, 7) is 0.683. The van der Waals surface area contributed by atoms with Crippen molar-refractivity contribution in [3.63, 3.8) is 0 Å². The number of pyridine rings is 2. The third-order valence-electron chi connectivity index (χ3n) is 11.1. The van der Waals surface area contributed by atoms with Gasteiger partial charge >= 0.3 is 5.76 Å². The van der Waals surface area contributed by atoms with Gasteiger partial charge in [-0.15, -0.1) is 16.4 Å². The van der Waals surface area contributed by atoms with Crippen LogP contribution in [0.3, 0.4) is 0 Å². The lowest BCUT2D eigenvalue weighted by Gasteiger charge is -2.37. The number of nitrogens with zero attached hydrogens (tertiary/aromatic N) is 4. The van der Waals surface area contributed by atoms with E-state index in [1.807, 2.05) is 23.1 Å². The van der Waals surface area contributed by atoms with Gasteiger partial charge in [0.2, 0.25) is 0 Å². The molecule has 3 aliphatic heterocycles. The molecule has 3 fully saturated rings. The number of thiophene rings is 1. The van der Waals surface area contributed by atoms with E-state index in [1.165, 1.54) is 36.6 Å². The van der Waals surface area contributed by atoms with E-state index in [-0.39, 0.29) is 35.2 Å². The van der Waals surface area contributed by atoms with Gasteiger partial charge in [-0.2, -0.15) is 0 Å². The van der Waals surface area contributed by atoms with Crippen LogP contribution in [0.5, 0.6) is 5.75 Å². The van der Waals surface area contributed by atoms with Gasteiger partial charge in [0.25, 0.3) is 11.8 Å². The molecule has 0 unspecified atom stereocenters. The number of aromatic amines is 1. The number of rotatable bonds is 8. The average molecular weight is 705 g/mol. The van der Waals surface area contributed by atoms with Gasteiger partial charge in [0, 0.05) is 28.7 Å². The number of benzene rings is 2. The van der Waals surface area contributed by atoms with Gasteiger partial charge in [0.15, 0.2) is 11.6 Å². The molecule has 1 spiro atoms. The fourth-order valence-corrected chi connectivity index (χ4v) is 10.1. The molecule has 13 heteroatoms. The number of hydrogen-bond acceptors (Lipinski definition) is 9. The molecule has 256 valence electrons. The first-order valence-electron chi connectivity index (χ1n) is 17.0. The second-order valence-corrected chi connectivity index (χ2v) is 14.9. The van der Waals surface area contributed by atoms with E-state index in [9.17, 15) is 18.4 Å². The molecular weight excluding hydrogens is 675 g/mol. The fourth-order valence-electron chi connectivity index (χ4n) is 8.91. The summed E-state index contributed by atoms with van der Waals surface area (Å²) in [4.78, 5) is 39.5. The van der Waals surface area contributed by atoms with Crippen LogP contribution in [0.2, 0.25) is 0 Å². The van der Waals surface area contributed by atoms with Crippen LogP contribution < -0.4 is 15.8 Å². The SMILES string of the molecule is COc1c(F)ccc2c1CC[C@H]2Nc1nccc2cc(-c3c4c(nc(CCc5cccc(F)c5)c3-c3n[nH]c(=O)o3)C35CC(CN3C4=O)C5)sc12. The van der Waals surface area contributed by atoms with Gasteiger partial charge in [0.1, 0.15) is 11.6 Å². The van der Waals surface area contributed by atoms with Crippen LogP contribution in [0, 0.1) is 17.6 Å². The predicted molar refractivity (Wildman–Crippen MR) is 186 cm³/mol. The monoisotopic (exact) mass is 704 g/mol. The third-order valence-corrected chi connectivity index (χ3v) is 12.3. The maximum atomic E-state index is 14.5. The van der Waals surface area contributed by atoms with Crippen LogP contribution in [0.25, 0.3) is 32.0 Å². The Balaban J connectivity index is 1.14. The van der Waals surface area contributed by atoms with Crippen molar-refractivity contribution < 1.29 is 22.7 Å². The minimum absolute atomic E-state index is 0.0426. The number of aryl methyl sites for hydroxylation is 2. The largest absolute Gasteiger partial charge is 0.493 e. The molecule has 1 atom stereocenters. The van der Waals surface area contributed by atoms with Crippen molar-refractivity contribution in [2.75, 3.05) is 19.0 Å². The molecule has 4 aromatic heterocycles. The molecule has 7 heterocycles. The molecule has 5 aliphatic rings. The van der Waals surface area contributed by atoms with Crippen molar-refractivity contribution in [2.24, 2.45) is 5.92 Å². The van der Waals surface area contributed by atoms with Crippen molar-refractivity contribution in [1.82, 2.24) is 25.1 Å². The number of hydrogen-bond donors (Lipinski definition) is 2. The van der Waals surface area contributed by atoms with Crippen molar-refractivity contribution in [1.29, 1.82) is 0 Å².